The summed E-state index contributed by atoms with van der Waals surface area (Å²) in [5.41, 5.74) is 7.06. The predicted octanol–water partition coefficient (Wildman–Crippen LogP) is 4.47. The van der Waals surface area contributed by atoms with Crippen LogP contribution in [-0.2, 0) is 4.79 Å². The Morgan fingerprint density at radius 3 is 2.77 bits per heavy atom. The number of benzene rings is 1. The Hall–Kier alpha value is -3.81. The number of hydrogen-bond acceptors (Lipinski definition) is 5. The van der Waals surface area contributed by atoms with Crippen molar-refractivity contribution in [2.45, 2.75) is 44.9 Å². The molecule has 0 radical (unpaired) electrons. The molecule has 3 N–H and O–H groups in total. The Bertz CT molecular complexity index is 1460. The molecule has 0 unspecified atom stereocenters. The molecule has 2 aliphatic heterocycles. The first-order valence-electron chi connectivity index (χ1n) is 12.4. The van der Waals surface area contributed by atoms with Gasteiger partial charge in [-0.3, -0.25) is 4.79 Å². The van der Waals surface area contributed by atoms with E-state index in [1.165, 1.54) is 16.5 Å². The third kappa shape index (κ3) is 3.73. The van der Waals surface area contributed by atoms with Crippen LogP contribution < -0.4 is 5.32 Å². The number of nitrogens with zero attached hydrogens (tertiary/aromatic N) is 4. The molecule has 5 heterocycles. The maximum atomic E-state index is 12.8. The number of aromatic nitrogens is 4. The Morgan fingerprint density at radius 1 is 1.20 bits per heavy atom. The summed E-state index contributed by atoms with van der Waals surface area (Å²) >= 11 is 0. The van der Waals surface area contributed by atoms with Crippen molar-refractivity contribution >= 4 is 22.5 Å². The second kappa shape index (κ2) is 8.45. The fraction of sp³-hybridized carbons (Fsp3) is 0.370. The van der Waals surface area contributed by atoms with E-state index in [0.717, 1.165) is 35.3 Å². The molecule has 0 spiro atoms. The smallest absolute Gasteiger partial charge is 0.273 e. The maximum Gasteiger partial charge on any atom is 0.273 e. The average molecular weight is 471 g/mol. The Kier molecular flexibility index (Phi) is 5.24. The number of nitrogens with one attached hydrogen (secondary N) is 2. The molecule has 8 nitrogen and oxygen atoms in total. The van der Waals surface area contributed by atoms with Crippen LogP contribution in [0.25, 0.3) is 27.8 Å². The Morgan fingerprint density at radius 2 is 2.03 bits per heavy atom. The second-order valence-electron chi connectivity index (χ2n) is 9.91. The fourth-order valence-corrected chi connectivity index (χ4v) is 5.56. The van der Waals surface area contributed by atoms with Crippen molar-refractivity contribution in [3.63, 3.8) is 0 Å². The van der Waals surface area contributed by atoms with E-state index in [2.05, 4.69) is 52.4 Å². The number of aliphatic hydroxyl groups excluding tert-OH is 1. The van der Waals surface area contributed by atoms with Gasteiger partial charge in [-0.25, -0.2) is 9.50 Å². The van der Waals surface area contributed by atoms with E-state index >= 15 is 0 Å². The van der Waals surface area contributed by atoms with E-state index < -0.39 is 0 Å². The number of hydrogen-bond donors (Lipinski definition) is 3. The van der Waals surface area contributed by atoms with Crippen molar-refractivity contribution in [1.82, 2.24) is 29.8 Å². The zero-order valence-electron chi connectivity index (χ0n) is 20.1. The molecule has 0 bridgehead atoms. The summed E-state index contributed by atoms with van der Waals surface area (Å²) in [6, 6.07) is 8.63. The van der Waals surface area contributed by atoms with Gasteiger partial charge in [-0.2, -0.15) is 5.10 Å². The number of amides is 1. The molecule has 1 amide bonds. The summed E-state index contributed by atoms with van der Waals surface area (Å²) in [4.78, 5) is 22.8. The van der Waals surface area contributed by atoms with E-state index in [1.807, 2.05) is 27.9 Å². The van der Waals surface area contributed by atoms with Gasteiger partial charge in [0.1, 0.15) is 11.5 Å². The van der Waals surface area contributed by atoms with E-state index in [1.54, 1.807) is 6.20 Å². The highest BCUT2D eigenvalue weighted by Gasteiger charge is 2.29. The summed E-state index contributed by atoms with van der Waals surface area (Å²) < 4.78 is 1.81. The minimum absolute atomic E-state index is 0.0750. The van der Waals surface area contributed by atoms with Crippen LogP contribution in [0.5, 0.6) is 0 Å². The number of aromatic amines is 1. The zero-order chi connectivity index (χ0) is 24.1. The number of piperidine rings is 1. The topological polar surface area (TPSA) is 98.6 Å². The Balaban J connectivity index is 1.28. The van der Waals surface area contributed by atoms with E-state index in [-0.39, 0.29) is 11.7 Å². The number of carbonyl (C=O) groups is 1. The lowest BCUT2D eigenvalue weighted by Gasteiger charge is -2.32. The lowest BCUT2D eigenvalue weighted by molar-refractivity contribution is -0.128. The van der Waals surface area contributed by atoms with Crippen LogP contribution in [0.2, 0.25) is 0 Å². The predicted molar refractivity (Wildman–Crippen MR) is 135 cm³/mol. The lowest BCUT2D eigenvalue weighted by Crippen LogP contribution is -2.40. The number of H-pyrrole nitrogens is 1. The lowest BCUT2D eigenvalue weighted by atomic mass is 9.87. The first-order chi connectivity index (χ1) is 17.0. The quantitative estimate of drug-likeness (QED) is 0.409. The number of likely N-dealkylation sites (tertiary alicyclic amines) is 1. The molecule has 1 aromatic carbocycles. The SMILES string of the molecule is CC(C)c1c(-c2cnc3ccnn3c2)[nH]c2ccc(C3CCN(C(=O)C4=C(O)CCN4)CC3)cc12. The first-order valence-corrected chi connectivity index (χ1v) is 12.4. The largest absolute Gasteiger partial charge is 0.510 e. The van der Waals surface area contributed by atoms with Gasteiger partial charge < -0.3 is 20.3 Å². The van der Waals surface area contributed by atoms with Crippen LogP contribution in [0.4, 0.5) is 0 Å². The van der Waals surface area contributed by atoms with Crippen molar-refractivity contribution in [3.8, 4) is 11.3 Å². The van der Waals surface area contributed by atoms with Gasteiger partial charge in [0, 0.05) is 61.0 Å². The van der Waals surface area contributed by atoms with Crippen LogP contribution in [0.15, 0.2) is 54.3 Å². The van der Waals surface area contributed by atoms with Gasteiger partial charge in [-0.15, -0.1) is 0 Å². The minimum Gasteiger partial charge on any atom is -0.510 e. The van der Waals surface area contributed by atoms with Crippen molar-refractivity contribution in [2.24, 2.45) is 0 Å². The summed E-state index contributed by atoms with van der Waals surface area (Å²) in [6.07, 6.45) is 8.06. The molecule has 35 heavy (non-hydrogen) atoms. The molecule has 6 rings (SSSR count). The molecular formula is C27H30N6O2. The van der Waals surface area contributed by atoms with Gasteiger partial charge >= 0.3 is 0 Å². The minimum atomic E-state index is -0.0750. The number of rotatable bonds is 4. The highest BCUT2D eigenvalue weighted by Crippen LogP contribution is 2.38. The number of fused-ring (bicyclic) bond motifs is 2. The highest BCUT2D eigenvalue weighted by molar-refractivity contribution is 5.94. The molecule has 1 saturated heterocycles. The van der Waals surface area contributed by atoms with Crippen LogP contribution in [-0.4, -0.2) is 55.1 Å². The molecule has 180 valence electrons. The standard InChI is InChI=1S/C27H30N6O2/c1-16(2)24-20-13-18(17-7-11-32(12-8-17)27(35)26-22(34)5-9-28-26)3-4-21(20)31-25(24)19-14-29-23-6-10-30-33(23)15-19/h3-4,6,10,13-17,28,31,34H,5,7-9,11-12H2,1-2H3. The van der Waals surface area contributed by atoms with Crippen molar-refractivity contribution in [3.05, 3.63) is 65.4 Å². The summed E-state index contributed by atoms with van der Waals surface area (Å²) in [5.74, 6) is 0.854. The van der Waals surface area contributed by atoms with Gasteiger partial charge in [0.2, 0.25) is 0 Å². The van der Waals surface area contributed by atoms with Crippen LogP contribution in [0.1, 0.15) is 56.1 Å². The molecule has 0 saturated carbocycles. The van der Waals surface area contributed by atoms with Crippen LogP contribution in [0.3, 0.4) is 0 Å². The maximum absolute atomic E-state index is 12.8. The average Bonchev–Trinajstić information content (AvgIpc) is 3.60. The van der Waals surface area contributed by atoms with Gasteiger partial charge in [0.05, 0.1) is 11.9 Å². The van der Waals surface area contributed by atoms with Crippen LogP contribution in [0, 0.1) is 0 Å². The van der Waals surface area contributed by atoms with Crippen molar-refractivity contribution in [1.29, 1.82) is 0 Å². The van der Waals surface area contributed by atoms with Crippen LogP contribution >= 0.6 is 0 Å². The molecular weight excluding hydrogens is 440 g/mol. The summed E-state index contributed by atoms with van der Waals surface area (Å²) in [7, 11) is 0. The van der Waals surface area contributed by atoms with Gasteiger partial charge in [-0.1, -0.05) is 19.9 Å². The molecule has 4 aromatic rings. The van der Waals surface area contributed by atoms with E-state index in [4.69, 9.17) is 0 Å². The third-order valence-corrected chi connectivity index (χ3v) is 7.40. The molecule has 3 aromatic heterocycles. The molecule has 0 atom stereocenters. The molecule has 0 aliphatic carbocycles. The Labute approximate surface area is 203 Å². The van der Waals surface area contributed by atoms with Gasteiger partial charge in [0.25, 0.3) is 5.91 Å². The summed E-state index contributed by atoms with van der Waals surface area (Å²) in [5, 5.41) is 18.6. The van der Waals surface area contributed by atoms with E-state index in [0.29, 0.717) is 43.6 Å². The third-order valence-electron chi connectivity index (χ3n) is 7.40. The van der Waals surface area contributed by atoms with Crippen molar-refractivity contribution < 1.29 is 9.90 Å². The second-order valence-corrected chi connectivity index (χ2v) is 9.91. The van der Waals surface area contributed by atoms with Gasteiger partial charge in [0.15, 0.2) is 5.65 Å². The normalized spacial score (nSPS) is 17.2. The van der Waals surface area contributed by atoms with Gasteiger partial charge in [-0.05, 0) is 47.9 Å². The zero-order valence-corrected chi connectivity index (χ0v) is 20.1. The number of carbonyl (C=O) groups excluding carboxylic acids is 1. The van der Waals surface area contributed by atoms with Crippen molar-refractivity contribution in [2.75, 3.05) is 19.6 Å². The molecule has 2 aliphatic rings. The highest BCUT2D eigenvalue weighted by atomic mass is 16.3. The molecule has 1 fully saturated rings. The summed E-state index contributed by atoms with van der Waals surface area (Å²) in [6.45, 7) is 6.48. The first kappa shape index (κ1) is 21.7. The number of aliphatic hydroxyl groups is 1. The molecule has 8 heteroatoms. The van der Waals surface area contributed by atoms with E-state index in [9.17, 15) is 9.90 Å². The fourth-order valence-electron chi connectivity index (χ4n) is 5.56. The monoisotopic (exact) mass is 470 g/mol.